The summed E-state index contributed by atoms with van der Waals surface area (Å²) in [5.41, 5.74) is 5.90. The Morgan fingerprint density at radius 1 is 1.35 bits per heavy atom. The van der Waals surface area contributed by atoms with E-state index in [9.17, 15) is 14.0 Å². The molecular weight excluding hydrogens is 225 g/mol. The summed E-state index contributed by atoms with van der Waals surface area (Å²) in [5.74, 6) is -1.25. The predicted molar refractivity (Wildman–Crippen MR) is 61.8 cm³/mol. The van der Waals surface area contributed by atoms with E-state index in [1.807, 2.05) is 0 Å². The van der Waals surface area contributed by atoms with Gasteiger partial charge in [0.25, 0.3) is 0 Å². The molecule has 0 heterocycles. The van der Waals surface area contributed by atoms with Crippen molar-refractivity contribution >= 4 is 17.5 Å². The van der Waals surface area contributed by atoms with Crippen molar-refractivity contribution in [2.45, 2.75) is 6.92 Å². The molecule has 0 aliphatic rings. The number of nitrogens with two attached hydrogens (primary N) is 1. The van der Waals surface area contributed by atoms with E-state index in [0.717, 1.165) is 0 Å². The van der Waals surface area contributed by atoms with Crippen LogP contribution < -0.4 is 16.4 Å². The van der Waals surface area contributed by atoms with Crippen LogP contribution in [0.2, 0.25) is 0 Å². The van der Waals surface area contributed by atoms with Crippen molar-refractivity contribution in [3.63, 3.8) is 0 Å². The molecule has 2 amide bonds. The first-order valence-corrected chi connectivity index (χ1v) is 5.05. The molecule has 0 aromatic heterocycles. The molecule has 1 aromatic rings. The van der Waals surface area contributed by atoms with Gasteiger partial charge in [-0.05, 0) is 24.6 Å². The summed E-state index contributed by atoms with van der Waals surface area (Å²) in [7, 11) is 0. The van der Waals surface area contributed by atoms with Crippen LogP contribution in [0.1, 0.15) is 5.56 Å². The van der Waals surface area contributed by atoms with Crippen molar-refractivity contribution in [1.29, 1.82) is 0 Å². The second kappa shape index (κ2) is 5.95. The normalized spacial score (nSPS) is 9.82. The van der Waals surface area contributed by atoms with Gasteiger partial charge in [0.1, 0.15) is 5.82 Å². The third-order valence-corrected chi connectivity index (χ3v) is 2.09. The minimum Gasteiger partial charge on any atom is -0.346 e. The van der Waals surface area contributed by atoms with Gasteiger partial charge in [-0.2, -0.15) is 0 Å². The van der Waals surface area contributed by atoms with Crippen molar-refractivity contribution in [3.05, 3.63) is 29.6 Å². The lowest BCUT2D eigenvalue weighted by Crippen LogP contribution is -2.36. The van der Waals surface area contributed by atoms with E-state index in [0.29, 0.717) is 11.3 Å². The first kappa shape index (κ1) is 13.1. The number of carbonyl (C=O) groups excluding carboxylic acids is 2. The van der Waals surface area contributed by atoms with E-state index in [4.69, 9.17) is 5.73 Å². The van der Waals surface area contributed by atoms with Gasteiger partial charge in [-0.15, -0.1) is 0 Å². The Hall–Kier alpha value is -1.95. The Bertz CT molecular complexity index is 435. The quantitative estimate of drug-likeness (QED) is 0.699. The van der Waals surface area contributed by atoms with E-state index in [1.165, 1.54) is 6.07 Å². The number of carbonyl (C=O) groups is 2. The summed E-state index contributed by atoms with van der Waals surface area (Å²) in [5, 5.41) is 4.76. The van der Waals surface area contributed by atoms with Gasteiger partial charge in [-0.1, -0.05) is 6.07 Å². The summed E-state index contributed by atoms with van der Waals surface area (Å²) in [4.78, 5) is 22.1. The van der Waals surface area contributed by atoms with Gasteiger partial charge in [0.15, 0.2) is 0 Å². The summed E-state index contributed by atoms with van der Waals surface area (Å²) in [6.45, 7) is 1.26. The fourth-order valence-corrected chi connectivity index (χ4v) is 1.13. The SMILES string of the molecule is Cc1ccc(NC(=O)CNC(=O)CN)cc1F. The molecule has 0 atom stereocenters. The highest BCUT2D eigenvalue weighted by Crippen LogP contribution is 2.13. The maximum Gasteiger partial charge on any atom is 0.243 e. The minimum absolute atomic E-state index is 0.174. The van der Waals surface area contributed by atoms with E-state index in [2.05, 4.69) is 10.6 Å². The molecule has 6 heteroatoms. The molecule has 1 aromatic carbocycles. The topological polar surface area (TPSA) is 84.2 Å². The van der Waals surface area contributed by atoms with Crippen LogP contribution in [0.4, 0.5) is 10.1 Å². The molecule has 5 nitrogen and oxygen atoms in total. The van der Waals surface area contributed by atoms with Gasteiger partial charge in [-0.25, -0.2) is 4.39 Å². The molecule has 17 heavy (non-hydrogen) atoms. The van der Waals surface area contributed by atoms with Crippen molar-refractivity contribution in [2.24, 2.45) is 5.73 Å². The molecular formula is C11H14FN3O2. The van der Waals surface area contributed by atoms with Gasteiger partial charge in [-0.3, -0.25) is 9.59 Å². The standard InChI is InChI=1S/C11H14FN3O2/c1-7-2-3-8(4-9(7)12)15-11(17)6-14-10(16)5-13/h2-4H,5-6,13H2,1H3,(H,14,16)(H,15,17). The van der Waals surface area contributed by atoms with E-state index < -0.39 is 17.6 Å². The number of rotatable bonds is 4. The average molecular weight is 239 g/mol. The third kappa shape index (κ3) is 4.20. The van der Waals surface area contributed by atoms with E-state index >= 15 is 0 Å². The number of hydrogen-bond donors (Lipinski definition) is 3. The van der Waals surface area contributed by atoms with Gasteiger partial charge < -0.3 is 16.4 Å². The molecule has 0 aliphatic heterocycles. The van der Waals surface area contributed by atoms with Crippen molar-refractivity contribution in [3.8, 4) is 0 Å². The molecule has 0 saturated carbocycles. The maximum absolute atomic E-state index is 13.2. The second-order valence-electron chi connectivity index (χ2n) is 3.49. The zero-order chi connectivity index (χ0) is 12.8. The monoisotopic (exact) mass is 239 g/mol. The van der Waals surface area contributed by atoms with Crippen LogP contribution in [0.15, 0.2) is 18.2 Å². The zero-order valence-electron chi connectivity index (χ0n) is 9.42. The number of anilines is 1. The van der Waals surface area contributed by atoms with Crippen molar-refractivity contribution < 1.29 is 14.0 Å². The van der Waals surface area contributed by atoms with Crippen LogP contribution >= 0.6 is 0 Å². The summed E-state index contributed by atoms with van der Waals surface area (Å²) in [6, 6.07) is 4.36. The molecule has 0 unspecified atom stereocenters. The number of amides is 2. The Morgan fingerprint density at radius 3 is 2.65 bits per heavy atom. The second-order valence-corrected chi connectivity index (χ2v) is 3.49. The summed E-state index contributed by atoms with van der Waals surface area (Å²) in [6.07, 6.45) is 0. The first-order chi connectivity index (χ1) is 8.02. The molecule has 0 aliphatic carbocycles. The molecule has 0 fully saturated rings. The van der Waals surface area contributed by atoms with E-state index in [-0.39, 0.29) is 13.1 Å². The zero-order valence-corrected chi connectivity index (χ0v) is 9.42. The molecule has 0 radical (unpaired) electrons. The number of aryl methyl sites for hydroxylation is 1. The fourth-order valence-electron chi connectivity index (χ4n) is 1.13. The Kier molecular flexibility index (Phi) is 4.59. The fraction of sp³-hybridized carbons (Fsp3) is 0.273. The molecule has 0 bridgehead atoms. The van der Waals surface area contributed by atoms with Crippen molar-refractivity contribution in [2.75, 3.05) is 18.4 Å². The predicted octanol–water partition coefficient (Wildman–Crippen LogP) is 0.148. The van der Waals surface area contributed by atoms with Crippen molar-refractivity contribution in [1.82, 2.24) is 5.32 Å². The van der Waals surface area contributed by atoms with Crippen LogP contribution in [-0.2, 0) is 9.59 Å². The minimum atomic E-state index is -0.435. The third-order valence-electron chi connectivity index (χ3n) is 2.09. The smallest absolute Gasteiger partial charge is 0.243 e. The number of hydrogen-bond acceptors (Lipinski definition) is 3. The lowest BCUT2D eigenvalue weighted by Gasteiger charge is -2.07. The number of nitrogens with one attached hydrogen (secondary N) is 2. The van der Waals surface area contributed by atoms with Gasteiger partial charge in [0.2, 0.25) is 11.8 Å². The lowest BCUT2D eigenvalue weighted by molar-refractivity contribution is -0.123. The van der Waals surface area contributed by atoms with Gasteiger partial charge >= 0.3 is 0 Å². The Labute approximate surface area is 98.2 Å². The van der Waals surface area contributed by atoms with Crippen LogP contribution in [0, 0.1) is 12.7 Å². The molecule has 4 N–H and O–H groups in total. The van der Waals surface area contributed by atoms with Crippen LogP contribution in [0.25, 0.3) is 0 Å². The molecule has 0 saturated heterocycles. The highest BCUT2D eigenvalue weighted by molar-refractivity contribution is 5.94. The number of benzene rings is 1. The maximum atomic E-state index is 13.2. The average Bonchev–Trinajstić information content (AvgIpc) is 2.31. The van der Waals surface area contributed by atoms with Crippen LogP contribution in [0.3, 0.4) is 0 Å². The lowest BCUT2D eigenvalue weighted by atomic mass is 10.2. The molecule has 92 valence electrons. The first-order valence-electron chi connectivity index (χ1n) is 5.05. The Morgan fingerprint density at radius 2 is 2.06 bits per heavy atom. The largest absolute Gasteiger partial charge is 0.346 e. The number of halogens is 1. The highest BCUT2D eigenvalue weighted by Gasteiger charge is 2.05. The molecule has 1 rings (SSSR count). The Balaban J connectivity index is 2.50. The summed E-state index contributed by atoms with van der Waals surface area (Å²) >= 11 is 0. The van der Waals surface area contributed by atoms with Gasteiger partial charge in [0, 0.05) is 5.69 Å². The highest BCUT2D eigenvalue weighted by atomic mass is 19.1. The van der Waals surface area contributed by atoms with Gasteiger partial charge in [0.05, 0.1) is 13.1 Å². The van der Waals surface area contributed by atoms with Crippen LogP contribution in [0.5, 0.6) is 0 Å². The summed E-state index contributed by atoms with van der Waals surface area (Å²) < 4.78 is 13.2. The van der Waals surface area contributed by atoms with E-state index in [1.54, 1.807) is 19.1 Å². The van der Waals surface area contributed by atoms with Crippen LogP contribution in [-0.4, -0.2) is 24.9 Å². The molecule has 0 spiro atoms.